The highest BCUT2D eigenvalue weighted by molar-refractivity contribution is 5.46. The van der Waals surface area contributed by atoms with Crippen LogP contribution >= 0.6 is 0 Å². The topological polar surface area (TPSA) is 79.8 Å². The zero-order chi connectivity index (χ0) is 12.3. The molecule has 0 aromatic carbocycles. The highest BCUT2D eigenvalue weighted by atomic mass is 19.3. The van der Waals surface area contributed by atoms with Crippen molar-refractivity contribution >= 4 is 5.69 Å². The fraction of sp³-hybridized carbons (Fsp3) is 0.250. The van der Waals surface area contributed by atoms with E-state index in [0.29, 0.717) is 6.20 Å². The first-order chi connectivity index (χ1) is 7.49. The zero-order valence-electron chi connectivity index (χ0n) is 7.65. The van der Waals surface area contributed by atoms with Crippen LogP contribution in [0.25, 0.3) is 0 Å². The minimum Gasteiger partial charge on any atom is -0.258 e. The van der Waals surface area contributed by atoms with Crippen LogP contribution < -0.4 is 0 Å². The molecule has 0 atom stereocenters. The van der Waals surface area contributed by atoms with Crippen molar-refractivity contribution in [1.29, 1.82) is 5.26 Å². The van der Waals surface area contributed by atoms with E-state index in [0.717, 1.165) is 0 Å². The molecule has 0 aliphatic heterocycles. The van der Waals surface area contributed by atoms with Crippen LogP contribution in [0.1, 0.15) is 17.7 Å². The number of aromatic nitrogens is 1. The summed E-state index contributed by atoms with van der Waals surface area (Å²) in [5.41, 5.74) is -2.92. The first-order valence-electron chi connectivity index (χ1n) is 3.95. The van der Waals surface area contributed by atoms with Crippen LogP contribution in [-0.4, -0.2) is 9.91 Å². The van der Waals surface area contributed by atoms with E-state index < -0.39 is 40.5 Å². The van der Waals surface area contributed by atoms with Crippen LogP contribution in [0, 0.1) is 27.3 Å². The van der Waals surface area contributed by atoms with E-state index in [1.165, 1.54) is 6.07 Å². The Labute approximate surface area is 87.3 Å². The molecule has 1 heterocycles. The van der Waals surface area contributed by atoms with Gasteiger partial charge in [-0.2, -0.15) is 5.26 Å². The van der Waals surface area contributed by atoms with Gasteiger partial charge in [0.25, 0.3) is 6.43 Å². The normalized spacial score (nSPS) is 10.2. The van der Waals surface area contributed by atoms with Crippen molar-refractivity contribution in [3.8, 4) is 6.07 Å². The average molecular weight is 231 g/mol. The Morgan fingerprint density at radius 2 is 2.25 bits per heavy atom. The lowest BCUT2D eigenvalue weighted by Crippen LogP contribution is -2.06. The van der Waals surface area contributed by atoms with Gasteiger partial charge in [-0.3, -0.25) is 10.1 Å². The fourth-order valence-corrected chi connectivity index (χ4v) is 1.15. The molecular formula is C8H4F3N3O2. The van der Waals surface area contributed by atoms with Gasteiger partial charge in [0.2, 0.25) is 0 Å². The number of rotatable bonds is 3. The number of pyridine rings is 1. The van der Waals surface area contributed by atoms with E-state index in [1.807, 2.05) is 0 Å². The second-order valence-corrected chi connectivity index (χ2v) is 2.71. The quantitative estimate of drug-likeness (QED) is 0.589. The maximum absolute atomic E-state index is 13.0. The molecule has 8 heteroatoms. The van der Waals surface area contributed by atoms with Crippen molar-refractivity contribution in [3.63, 3.8) is 0 Å². The third-order valence-electron chi connectivity index (χ3n) is 1.77. The van der Waals surface area contributed by atoms with Crippen LogP contribution in [0.3, 0.4) is 0 Å². The molecule has 0 aliphatic carbocycles. The Hall–Kier alpha value is -2.17. The molecule has 84 valence electrons. The van der Waals surface area contributed by atoms with Crippen LogP contribution in [0.4, 0.5) is 18.9 Å². The molecule has 0 aliphatic rings. The lowest BCUT2D eigenvalue weighted by atomic mass is 10.1. The average Bonchev–Trinajstić information content (AvgIpc) is 2.19. The van der Waals surface area contributed by atoms with Gasteiger partial charge in [-0.25, -0.2) is 18.2 Å². The van der Waals surface area contributed by atoms with Crippen LogP contribution in [0.2, 0.25) is 0 Å². The van der Waals surface area contributed by atoms with Gasteiger partial charge in [-0.1, -0.05) is 0 Å². The SMILES string of the molecule is N#CCc1ncc(F)c(C(F)F)c1[N+](=O)[O-]. The van der Waals surface area contributed by atoms with Crippen LogP contribution in [-0.2, 0) is 6.42 Å². The summed E-state index contributed by atoms with van der Waals surface area (Å²) < 4.78 is 37.8. The number of hydrogen-bond donors (Lipinski definition) is 0. The summed E-state index contributed by atoms with van der Waals surface area (Å²) in [6.45, 7) is 0. The van der Waals surface area contributed by atoms with E-state index in [4.69, 9.17) is 5.26 Å². The van der Waals surface area contributed by atoms with Crippen molar-refractivity contribution in [2.75, 3.05) is 0 Å². The number of halogens is 3. The lowest BCUT2D eigenvalue weighted by Gasteiger charge is -2.05. The Morgan fingerprint density at radius 3 is 2.69 bits per heavy atom. The molecule has 0 N–H and O–H groups in total. The van der Waals surface area contributed by atoms with Gasteiger partial charge in [0, 0.05) is 0 Å². The minimum absolute atomic E-state index is 0.446. The van der Waals surface area contributed by atoms with Crippen molar-refractivity contribution in [3.05, 3.63) is 33.4 Å². The molecule has 0 fully saturated rings. The van der Waals surface area contributed by atoms with Gasteiger partial charge in [0.05, 0.1) is 23.6 Å². The molecule has 0 amide bonds. The summed E-state index contributed by atoms with van der Waals surface area (Å²) in [5, 5.41) is 18.9. The van der Waals surface area contributed by atoms with E-state index in [9.17, 15) is 23.3 Å². The summed E-state index contributed by atoms with van der Waals surface area (Å²) in [5.74, 6) is -1.46. The summed E-state index contributed by atoms with van der Waals surface area (Å²) in [6.07, 6.45) is -3.42. The van der Waals surface area contributed by atoms with Gasteiger partial charge in [-0.15, -0.1) is 0 Å². The van der Waals surface area contributed by atoms with Crippen molar-refractivity contribution < 1.29 is 18.1 Å². The minimum atomic E-state index is -3.33. The summed E-state index contributed by atoms with van der Waals surface area (Å²) in [7, 11) is 0. The fourth-order valence-electron chi connectivity index (χ4n) is 1.15. The Kier molecular flexibility index (Phi) is 3.40. The second kappa shape index (κ2) is 4.57. The van der Waals surface area contributed by atoms with E-state index in [-0.39, 0.29) is 0 Å². The molecule has 16 heavy (non-hydrogen) atoms. The number of nitriles is 1. The van der Waals surface area contributed by atoms with Gasteiger partial charge in [0.1, 0.15) is 11.3 Å². The van der Waals surface area contributed by atoms with Gasteiger partial charge in [0.15, 0.2) is 5.82 Å². The van der Waals surface area contributed by atoms with Gasteiger partial charge < -0.3 is 0 Å². The third-order valence-corrected chi connectivity index (χ3v) is 1.77. The van der Waals surface area contributed by atoms with Crippen molar-refractivity contribution in [2.45, 2.75) is 12.8 Å². The Morgan fingerprint density at radius 1 is 1.62 bits per heavy atom. The summed E-state index contributed by atoms with van der Waals surface area (Å²) in [6, 6.07) is 1.53. The predicted molar refractivity (Wildman–Crippen MR) is 45.1 cm³/mol. The van der Waals surface area contributed by atoms with Crippen molar-refractivity contribution in [2.24, 2.45) is 0 Å². The Bertz CT molecular complexity index is 470. The molecule has 1 aromatic heterocycles. The standard InChI is InChI=1S/C8H4F3N3O2/c9-4-3-13-5(1-2-12)7(14(15)16)6(4)8(10)11/h3,8H,1H2. The number of nitro groups is 1. The monoisotopic (exact) mass is 231 g/mol. The lowest BCUT2D eigenvalue weighted by molar-refractivity contribution is -0.387. The first-order valence-corrected chi connectivity index (χ1v) is 3.95. The molecular weight excluding hydrogens is 227 g/mol. The third kappa shape index (κ3) is 2.08. The molecule has 5 nitrogen and oxygen atoms in total. The predicted octanol–water partition coefficient (Wildman–Crippen LogP) is 2.13. The Balaban J connectivity index is 3.51. The zero-order valence-corrected chi connectivity index (χ0v) is 7.65. The number of hydrogen-bond acceptors (Lipinski definition) is 4. The highest BCUT2D eigenvalue weighted by Crippen LogP contribution is 2.33. The highest BCUT2D eigenvalue weighted by Gasteiger charge is 2.30. The molecule has 0 saturated heterocycles. The second-order valence-electron chi connectivity index (χ2n) is 2.71. The molecule has 1 aromatic rings. The molecule has 1 rings (SSSR count). The van der Waals surface area contributed by atoms with Crippen LogP contribution in [0.15, 0.2) is 6.20 Å². The maximum Gasteiger partial charge on any atom is 0.303 e. The molecule has 0 radical (unpaired) electrons. The van der Waals surface area contributed by atoms with Gasteiger partial charge >= 0.3 is 5.69 Å². The summed E-state index contributed by atoms with van der Waals surface area (Å²) >= 11 is 0. The van der Waals surface area contributed by atoms with E-state index in [1.54, 1.807) is 0 Å². The molecule has 0 bridgehead atoms. The molecule has 0 saturated carbocycles. The number of nitrogens with zero attached hydrogens (tertiary/aromatic N) is 3. The maximum atomic E-state index is 13.0. The van der Waals surface area contributed by atoms with Crippen LogP contribution in [0.5, 0.6) is 0 Å². The number of alkyl halides is 2. The first kappa shape index (κ1) is 11.9. The van der Waals surface area contributed by atoms with Gasteiger partial charge in [-0.05, 0) is 0 Å². The van der Waals surface area contributed by atoms with E-state index in [2.05, 4.69) is 4.98 Å². The van der Waals surface area contributed by atoms with Crippen molar-refractivity contribution in [1.82, 2.24) is 4.98 Å². The van der Waals surface area contributed by atoms with E-state index >= 15 is 0 Å². The summed E-state index contributed by atoms with van der Waals surface area (Å²) in [4.78, 5) is 12.6. The largest absolute Gasteiger partial charge is 0.303 e. The molecule has 0 unspecified atom stereocenters. The molecule has 0 spiro atoms. The smallest absolute Gasteiger partial charge is 0.258 e.